The largest absolute Gasteiger partial charge is 0.383 e. The summed E-state index contributed by atoms with van der Waals surface area (Å²) >= 11 is 4.82. The van der Waals surface area contributed by atoms with Gasteiger partial charge in [-0.2, -0.15) is 0 Å². The van der Waals surface area contributed by atoms with Gasteiger partial charge in [0.2, 0.25) is 0 Å². The molecule has 102 valence electrons. The van der Waals surface area contributed by atoms with E-state index in [4.69, 9.17) is 0 Å². The van der Waals surface area contributed by atoms with Crippen molar-refractivity contribution in [3.05, 3.63) is 55.9 Å². The number of benzene rings is 1. The number of aliphatic hydroxyl groups excluding tert-OH is 1. The van der Waals surface area contributed by atoms with Crippen molar-refractivity contribution in [1.29, 1.82) is 0 Å². The molecule has 1 N–H and O–H groups in total. The molecule has 2 rings (SSSR count). The average molecular weight is 343 g/mol. The highest BCUT2D eigenvalue weighted by Gasteiger charge is 2.22. The molecule has 0 aliphatic carbocycles. The summed E-state index contributed by atoms with van der Waals surface area (Å²) < 4.78 is 14.4. The van der Waals surface area contributed by atoms with E-state index in [9.17, 15) is 9.50 Å². The Morgan fingerprint density at radius 1 is 1.21 bits per heavy atom. The van der Waals surface area contributed by atoms with Crippen LogP contribution < -0.4 is 0 Å². The Morgan fingerprint density at radius 2 is 1.89 bits per heavy atom. The Kier molecular flexibility index (Phi) is 4.14. The normalized spacial score (nSPS) is 13.6. The number of rotatable bonds is 2. The fourth-order valence-electron chi connectivity index (χ4n) is 1.82. The zero-order chi connectivity index (χ0) is 14.2. The van der Waals surface area contributed by atoms with Crippen LogP contribution in [0, 0.1) is 5.82 Å². The summed E-state index contributed by atoms with van der Waals surface area (Å²) in [6.07, 6.45) is -0.934. The molecule has 1 unspecified atom stereocenters. The van der Waals surface area contributed by atoms with Gasteiger partial charge >= 0.3 is 0 Å². The summed E-state index contributed by atoms with van der Waals surface area (Å²) in [4.78, 5) is 1.93. The molecule has 1 atom stereocenters. The number of hydrogen-bond acceptors (Lipinski definition) is 2. The summed E-state index contributed by atoms with van der Waals surface area (Å²) in [5.74, 6) is -0.396. The first-order chi connectivity index (χ1) is 8.80. The maximum absolute atomic E-state index is 13.8. The van der Waals surface area contributed by atoms with Crippen LogP contribution in [0.4, 0.5) is 4.39 Å². The van der Waals surface area contributed by atoms with Crippen molar-refractivity contribution in [1.82, 2.24) is 0 Å². The van der Waals surface area contributed by atoms with E-state index in [0.717, 1.165) is 4.88 Å². The molecule has 1 aromatic carbocycles. The van der Waals surface area contributed by atoms with Crippen LogP contribution in [0.25, 0.3) is 0 Å². The van der Waals surface area contributed by atoms with E-state index in [1.807, 2.05) is 12.1 Å². The van der Waals surface area contributed by atoms with Gasteiger partial charge in [-0.3, -0.25) is 0 Å². The lowest BCUT2D eigenvalue weighted by Crippen LogP contribution is -2.08. The van der Waals surface area contributed by atoms with Crippen molar-refractivity contribution in [2.24, 2.45) is 0 Å². The van der Waals surface area contributed by atoms with Gasteiger partial charge < -0.3 is 5.11 Å². The zero-order valence-corrected chi connectivity index (χ0v) is 13.5. The lowest BCUT2D eigenvalue weighted by molar-refractivity contribution is 0.218. The fourth-order valence-corrected chi connectivity index (χ4v) is 3.44. The van der Waals surface area contributed by atoms with Crippen molar-refractivity contribution in [2.45, 2.75) is 32.3 Å². The predicted octanol–water partition coefficient (Wildman–Crippen LogP) is 5.03. The van der Waals surface area contributed by atoms with Crippen LogP contribution in [-0.4, -0.2) is 5.11 Å². The molecule has 0 aliphatic heterocycles. The van der Waals surface area contributed by atoms with Gasteiger partial charge in [-0.05, 0) is 29.7 Å². The van der Waals surface area contributed by atoms with Crippen LogP contribution in [-0.2, 0) is 5.41 Å². The molecule has 0 radical (unpaired) electrons. The van der Waals surface area contributed by atoms with E-state index in [0.29, 0.717) is 10.0 Å². The van der Waals surface area contributed by atoms with E-state index < -0.39 is 11.9 Å². The van der Waals surface area contributed by atoms with Crippen LogP contribution in [0.1, 0.15) is 42.2 Å². The van der Waals surface area contributed by atoms with Gasteiger partial charge in [-0.25, -0.2) is 4.39 Å². The third-order valence-electron chi connectivity index (χ3n) is 2.91. The molecule has 1 aromatic heterocycles. The summed E-state index contributed by atoms with van der Waals surface area (Å²) in [6.45, 7) is 6.36. The predicted molar refractivity (Wildman–Crippen MR) is 81.2 cm³/mol. The number of hydrogen-bond donors (Lipinski definition) is 1. The molecule has 19 heavy (non-hydrogen) atoms. The quantitative estimate of drug-likeness (QED) is 0.811. The molecule has 1 nitrogen and oxygen atoms in total. The Hall–Kier alpha value is -0.710. The molecular weight excluding hydrogens is 327 g/mol. The second-order valence-corrected chi connectivity index (χ2v) is 7.46. The molecule has 0 amide bonds. The second kappa shape index (κ2) is 5.35. The van der Waals surface area contributed by atoms with E-state index in [-0.39, 0.29) is 5.41 Å². The first kappa shape index (κ1) is 14.7. The highest BCUT2D eigenvalue weighted by molar-refractivity contribution is 9.10. The van der Waals surface area contributed by atoms with Gasteiger partial charge in [-0.1, -0.05) is 42.8 Å². The third kappa shape index (κ3) is 3.07. The first-order valence-corrected chi connectivity index (χ1v) is 7.64. The first-order valence-electron chi connectivity index (χ1n) is 6.03. The van der Waals surface area contributed by atoms with Crippen LogP contribution in [0.15, 0.2) is 34.8 Å². The van der Waals surface area contributed by atoms with Gasteiger partial charge in [0, 0.05) is 19.8 Å². The molecule has 4 heteroatoms. The van der Waals surface area contributed by atoms with Crippen molar-refractivity contribution in [3.63, 3.8) is 0 Å². The van der Waals surface area contributed by atoms with E-state index in [2.05, 4.69) is 36.7 Å². The number of thiophene rings is 1. The van der Waals surface area contributed by atoms with Crippen LogP contribution in [0.3, 0.4) is 0 Å². The van der Waals surface area contributed by atoms with Crippen LogP contribution in [0.5, 0.6) is 0 Å². The molecule has 0 bridgehead atoms. The Bertz CT molecular complexity index is 566. The second-order valence-electron chi connectivity index (χ2n) is 5.49. The van der Waals surface area contributed by atoms with Gasteiger partial charge in [-0.15, -0.1) is 11.3 Å². The molecular formula is C15H16BrFOS. The maximum Gasteiger partial charge on any atom is 0.130 e. The van der Waals surface area contributed by atoms with Crippen molar-refractivity contribution in [2.75, 3.05) is 0 Å². The van der Waals surface area contributed by atoms with Gasteiger partial charge in [0.05, 0.1) is 0 Å². The molecule has 0 fully saturated rings. The van der Waals surface area contributed by atoms with Crippen molar-refractivity contribution in [3.8, 4) is 0 Å². The summed E-state index contributed by atoms with van der Waals surface area (Å²) in [5, 5.41) is 10.4. The van der Waals surface area contributed by atoms with Crippen LogP contribution in [0.2, 0.25) is 0 Å². The van der Waals surface area contributed by atoms with E-state index >= 15 is 0 Å². The average Bonchev–Trinajstić information content (AvgIpc) is 2.77. The minimum absolute atomic E-state index is 0.0368. The summed E-state index contributed by atoms with van der Waals surface area (Å²) in [5.41, 5.74) is 0.333. The smallest absolute Gasteiger partial charge is 0.130 e. The Labute approximate surface area is 125 Å². The Balaban J connectivity index is 2.40. The molecule has 0 saturated carbocycles. The van der Waals surface area contributed by atoms with Gasteiger partial charge in [0.25, 0.3) is 0 Å². The van der Waals surface area contributed by atoms with E-state index in [1.54, 1.807) is 12.1 Å². The Morgan fingerprint density at radius 3 is 2.42 bits per heavy atom. The van der Waals surface area contributed by atoms with Crippen molar-refractivity contribution < 1.29 is 9.50 Å². The van der Waals surface area contributed by atoms with Crippen LogP contribution >= 0.6 is 27.3 Å². The topological polar surface area (TPSA) is 20.2 Å². The summed E-state index contributed by atoms with van der Waals surface area (Å²) in [6, 6.07) is 8.58. The SMILES string of the molecule is CC(C)(C)c1ccc(C(O)c2c(F)cccc2Br)s1. The zero-order valence-electron chi connectivity index (χ0n) is 11.1. The van der Waals surface area contributed by atoms with Gasteiger partial charge in [0.1, 0.15) is 11.9 Å². The lowest BCUT2D eigenvalue weighted by Gasteiger charge is -2.16. The number of aliphatic hydroxyl groups is 1. The monoisotopic (exact) mass is 342 g/mol. The maximum atomic E-state index is 13.8. The minimum atomic E-state index is -0.934. The standard InChI is InChI=1S/C15H16BrFOS/c1-15(2,3)12-8-7-11(19-12)14(18)13-9(16)5-4-6-10(13)17/h4-8,14,18H,1-3H3. The third-order valence-corrected chi connectivity index (χ3v) is 5.16. The van der Waals surface area contributed by atoms with E-state index in [1.165, 1.54) is 22.3 Å². The minimum Gasteiger partial charge on any atom is -0.383 e. The molecule has 0 spiro atoms. The molecule has 0 saturated heterocycles. The highest BCUT2D eigenvalue weighted by Crippen LogP contribution is 2.37. The van der Waals surface area contributed by atoms with Gasteiger partial charge in [0.15, 0.2) is 0 Å². The summed E-state index contributed by atoms with van der Waals surface area (Å²) in [7, 11) is 0. The molecule has 2 aromatic rings. The fraction of sp³-hybridized carbons (Fsp3) is 0.333. The van der Waals surface area contributed by atoms with Crippen molar-refractivity contribution >= 4 is 27.3 Å². The number of halogens is 2. The molecule has 0 aliphatic rings. The highest BCUT2D eigenvalue weighted by atomic mass is 79.9. The lowest BCUT2D eigenvalue weighted by atomic mass is 9.95. The molecule has 1 heterocycles.